The second kappa shape index (κ2) is 4.84. The smallest absolute Gasteiger partial charge is 0.394 e. The highest BCUT2D eigenvalue weighted by atomic mass is 19.4. The molecule has 0 radical (unpaired) electrons. The molecule has 106 valence electrons. The van der Waals surface area contributed by atoms with Gasteiger partial charge in [0.25, 0.3) is 0 Å². The number of anilines is 2. The number of hydrogen-bond donors (Lipinski definition) is 3. The molecule has 1 aromatic heterocycles. The maximum Gasteiger partial charge on any atom is 0.451 e. The van der Waals surface area contributed by atoms with E-state index in [4.69, 9.17) is 5.73 Å². The molecule has 0 spiro atoms. The van der Waals surface area contributed by atoms with E-state index in [0.29, 0.717) is 12.8 Å². The van der Waals surface area contributed by atoms with E-state index in [0.717, 1.165) is 12.8 Å². The van der Waals surface area contributed by atoms with Gasteiger partial charge in [-0.3, -0.25) is 0 Å². The van der Waals surface area contributed by atoms with Gasteiger partial charge in [0.1, 0.15) is 11.6 Å². The summed E-state index contributed by atoms with van der Waals surface area (Å²) in [6.07, 6.45) is -1.43. The van der Waals surface area contributed by atoms with Crippen LogP contribution in [-0.2, 0) is 6.18 Å². The molecule has 1 saturated carbocycles. The number of nitrogens with two attached hydrogens (primary N) is 1. The Morgan fingerprint density at radius 2 is 1.95 bits per heavy atom. The number of nitrogens with zero attached hydrogens (tertiary/aromatic N) is 2. The first-order valence-electron chi connectivity index (χ1n) is 5.95. The molecular formula is C11H15F3N4O. The van der Waals surface area contributed by atoms with E-state index in [1.54, 1.807) is 0 Å². The Morgan fingerprint density at radius 1 is 1.32 bits per heavy atom. The second-order valence-electron chi connectivity index (χ2n) is 4.77. The van der Waals surface area contributed by atoms with Crippen LogP contribution in [0.15, 0.2) is 6.07 Å². The van der Waals surface area contributed by atoms with Crippen LogP contribution in [0.5, 0.6) is 0 Å². The average Bonchev–Trinajstić information content (AvgIpc) is 2.76. The summed E-state index contributed by atoms with van der Waals surface area (Å²) in [5, 5.41) is 12.3. The van der Waals surface area contributed by atoms with Gasteiger partial charge in [-0.25, -0.2) is 9.97 Å². The lowest BCUT2D eigenvalue weighted by atomic mass is 9.99. The summed E-state index contributed by atoms with van der Waals surface area (Å²) in [6, 6.07) is 1.24. The molecule has 0 unspecified atom stereocenters. The van der Waals surface area contributed by atoms with Crippen molar-refractivity contribution in [2.24, 2.45) is 0 Å². The van der Waals surface area contributed by atoms with Crippen molar-refractivity contribution in [1.82, 2.24) is 9.97 Å². The van der Waals surface area contributed by atoms with Crippen LogP contribution < -0.4 is 11.1 Å². The summed E-state index contributed by atoms with van der Waals surface area (Å²) in [5.74, 6) is -1.53. The van der Waals surface area contributed by atoms with Crippen molar-refractivity contribution >= 4 is 11.6 Å². The van der Waals surface area contributed by atoms with E-state index >= 15 is 0 Å². The molecule has 4 N–H and O–H groups in total. The number of halogens is 3. The zero-order valence-corrected chi connectivity index (χ0v) is 10.2. The molecule has 0 bridgehead atoms. The molecule has 1 fully saturated rings. The van der Waals surface area contributed by atoms with E-state index < -0.39 is 17.5 Å². The Balaban J connectivity index is 2.27. The standard InChI is InChI=1S/C11H15F3N4O/c12-11(13,14)9-16-7(15)5-8(17-9)18-10(6-19)3-1-2-4-10/h5,19H,1-4,6H2,(H3,15,16,17,18). The molecule has 1 aliphatic rings. The molecule has 1 heterocycles. The molecule has 8 heteroatoms. The number of aromatic nitrogens is 2. The minimum Gasteiger partial charge on any atom is -0.394 e. The monoisotopic (exact) mass is 276 g/mol. The third-order valence-electron chi connectivity index (χ3n) is 3.26. The zero-order chi connectivity index (χ0) is 14.1. The first-order chi connectivity index (χ1) is 8.85. The Kier molecular flexibility index (Phi) is 3.53. The molecule has 0 amide bonds. The second-order valence-corrected chi connectivity index (χ2v) is 4.77. The van der Waals surface area contributed by atoms with Crippen LogP contribution in [0.3, 0.4) is 0 Å². The summed E-state index contributed by atoms with van der Waals surface area (Å²) in [5.41, 5.74) is 4.75. The topological polar surface area (TPSA) is 84.1 Å². The number of alkyl halides is 3. The fourth-order valence-electron chi connectivity index (χ4n) is 2.30. The normalized spacial score (nSPS) is 18.5. The Bertz CT molecular complexity index is 458. The molecule has 1 aromatic rings. The van der Waals surface area contributed by atoms with Crippen LogP contribution in [0.1, 0.15) is 31.5 Å². The number of aliphatic hydroxyl groups is 1. The molecule has 0 atom stereocenters. The SMILES string of the molecule is Nc1cc(NC2(CO)CCCC2)nc(C(F)(F)F)n1. The van der Waals surface area contributed by atoms with Crippen molar-refractivity contribution in [2.75, 3.05) is 17.7 Å². The van der Waals surface area contributed by atoms with Gasteiger partial charge in [0, 0.05) is 6.07 Å². The van der Waals surface area contributed by atoms with Crippen molar-refractivity contribution in [1.29, 1.82) is 0 Å². The van der Waals surface area contributed by atoms with Gasteiger partial charge in [0.05, 0.1) is 12.1 Å². The predicted molar refractivity (Wildman–Crippen MR) is 63.4 cm³/mol. The maximum absolute atomic E-state index is 12.6. The number of hydrogen-bond acceptors (Lipinski definition) is 5. The highest BCUT2D eigenvalue weighted by Gasteiger charge is 2.37. The Labute approximate surface area is 108 Å². The third-order valence-corrected chi connectivity index (χ3v) is 3.26. The van der Waals surface area contributed by atoms with Crippen molar-refractivity contribution in [3.63, 3.8) is 0 Å². The minimum atomic E-state index is -4.64. The molecule has 19 heavy (non-hydrogen) atoms. The molecule has 0 aliphatic heterocycles. The van der Waals surface area contributed by atoms with E-state index in [1.807, 2.05) is 0 Å². The van der Waals surface area contributed by atoms with Crippen molar-refractivity contribution in [3.8, 4) is 0 Å². The van der Waals surface area contributed by atoms with E-state index in [1.165, 1.54) is 6.07 Å². The van der Waals surface area contributed by atoms with E-state index in [-0.39, 0.29) is 18.2 Å². The molecule has 2 rings (SSSR count). The molecule has 0 aromatic carbocycles. The van der Waals surface area contributed by atoms with Crippen molar-refractivity contribution in [3.05, 3.63) is 11.9 Å². The number of rotatable bonds is 3. The lowest BCUT2D eigenvalue weighted by Crippen LogP contribution is -2.39. The van der Waals surface area contributed by atoms with Crippen LogP contribution in [0.4, 0.5) is 24.8 Å². The maximum atomic E-state index is 12.6. The van der Waals surface area contributed by atoms with Crippen LogP contribution in [0.25, 0.3) is 0 Å². The Hall–Kier alpha value is -1.57. The van der Waals surface area contributed by atoms with Crippen LogP contribution in [-0.4, -0.2) is 27.2 Å². The Morgan fingerprint density at radius 3 is 2.47 bits per heavy atom. The summed E-state index contributed by atoms with van der Waals surface area (Å²) in [7, 11) is 0. The minimum absolute atomic E-state index is 0.00391. The fraction of sp³-hybridized carbons (Fsp3) is 0.636. The highest BCUT2D eigenvalue weighted by molar-refractivity contribution is 5.47. The lowest BCUT2D eigenvalue weighted by molar-refractivity contribution is -0.144. The summed E-state index contributed by atoms with van der Waals surface area (Å²) in [6.45, 7) is -0.155. The highest BCUT2D eigenvalue weighted by Crippen LogP contribution is 2.33. The fourth-order valence-corrected chi connectivity index (χ4v) is 2.30. The molecular weight excluding hydrogens is 261 g/mol. The van der Waals surface area contributed by atoms with Crippen molar-refractivity contribution in [2.45, 2.75) is 37.4 Å². The first-order valence-corrected chi connectivity index (χ1v) is 5.95. The van der Waals surface area contributed by atoms with Gasteiger partial charge in [-0.05, 0) is 12.8 Å². The summed E-state index contributed by atoms with van der Waals surface area (Å²) >= 11 is 0. The van der Waals surface area contributed by atoms with Crippen LogP contribution >= 0.6 is 0 Å². The zero-order valence-electron chi connectivity index (χ0n) is 10.2. The number of nitrogens with one attached hydrogen (secondary N) is 1. The third kappa shape index (κ3) is 3.06. The van der Waals surface area contributed by atoms with Crippen molar-refractivity contribution < 1.29 is 18.3 Å². The average molecular weight is 276 g/mol. The predicted octanol–water partition coefficient (Wildman–Crippen LogP) is 1.79. The molecule has 0 saturated heterocycles. The van der Waals surface area contributed by atoms with Gasteiger partial charge in [0.2, 0.25) is 5.82 Å². The van der Waals surface area contributed by atoms with Gasteiger partial charge >= 0.3 is 6.18 Å². The van der Waals surface area contributed by atoms with Crippen LogP contribution in [0, 0.1) is 0 Å². The van der Waals surface area contributed by atoms with Gasteiger partial charge < -0.3 is 16.2 Å². The molecule has 1 aliphatic carbocycles. The van der Waals surface area contributed by atoms with Gasteiger partial charge in [0.15, 0.2) is 0 Å². The number of nitrogen functional groups attached to an aromatic ring is 1. The summed E-state index contributed by atoms with van der Waals surface area (Å²) in [4.78, 5) is 6.59. The lowest BCUT2D eigenvalue weighted by Gasteiger charge is -2.28. The largest absolute Gasteiger partial charge is 0.451 e. The first kappa shape index (κ1) is 13.9. The quantitative estimate of drug-likeness (QED) is 0.784. The van der Waals surface area contributed by atoms with Gasteiger partial charge in [-0.15, -0.1) is 0 Å². The summed E-state index contributed by atoms with van der Waals surface area (Å²) < 4.78 is 37.7. The van der Waals surface area contributed by atoms with Gasteiger partial charge in [-0.2, -0.15) is 13.2 Å². The van der Waals surface area contributed by atoms with Crippen LogP contribution in [0.2, 0.25) is 0 Å². The molecule has 5 nitrogen and oxygen atoms in total. The number of aliphatic hydroxyl groups excluding tert-OH is 1. The van der Waals surface area contributed by atoms with Gasteiger partial charge in [-0.1, -0.05) is 12.8 Å². The van der Waals surface area contributed by atoms with E-state index in [9.17, 15) is 18.3 Å². The van der Waals surface area contributed by atoms with E-state index in [2.05, 4.69) is 15.3 Å².